The first-order valence-electron chi connectivity index (χ1n) is 4.58. The average Bonchev–Trinajstić information content (AvgIpc) is 2.29. The van der Waals surface area contributed by atoms with Gasteiger partial charge in [-0.2, -0.15) is 26.9 Å². The van der Waals surface area contributed by atoms with E-state index in [1.54, 1.807) is 0 Å². The molecule has 0 radical (unpaired) electrons. The van der Waals surface area contributed by atoms with Crippen molar-refractivity contribution in [3.05, 3.63) is 28.3 Å². The van der Waals surface area contributed by atoms with Crippen LogP contribution in [0.1, 0.15) is 0 Å². The summed E-state index contributed by atoms with van der Waals surface area (Å²) in [5, 5.41) is 10.6. The molecule has 0 N–H and O–H groups in total. The number of ether oxygens (including phenoxy) is 1. The van der Waals surface area contributed by atoms with Gasteiger partial charge in [0.25, 0.3) is 5.69 Å². The van der Waals surface area contributed by atoms with Gasteiger partial charge in [0.2, 0.25) is 6.08 Å². The van der Waals surface area contributed by atoms with Crippen LogP contribution in [0.4, 0.5) is 33.3 Å². The van der Waals surface area contributed by atoms with Crippen molar-refractivity contribution >= 4 is 17.5 Å². The van der Waals surface area contributed by atoms with Crippen molar-refractivity contribution in [2.24, 2.45) is 4.99 Å². The lowest BCUT2D eigenvalue weighted by Crippen LogP contribution is -2.41. The van der Waals surface area contributed by atoms with Gasteiger partial charge in [-0.1, -0.05) is 0 Å². The minimum Gasteiger partial charge on any atom is -0.426 e. The molecule has 1 aromatic rings. The van der Waals surface area contributed by atoms with Crippen LogP contribution in [0.3, 0.4) is 0 Å². The normalized spacial score (nSPS) is 11.7. The first-order chi connectivity index (χ1) is 9.08. The van der Waals surface area contributed by atoms with Gasteiger partial charge in [-0.05, 0) is 12.1 Å². The third-order valence-corrected chi connectivity index (χ3v) is 1.89. The summed E-state index contributed by atoms with van der Waals surface area (Å²) in [5.41, 5.74) is -1.54. The number of benzene rings is 1. The van der Waals surface area contributed by atoms with Gasteiger partial charge in [-0.3, -0.25) is 10.1 Å². The molecule has 0 saturated carbocycles. The van der Waals surface area contributed by atoms with Crippen LogP contribution in [-0.4, -0.2) is 23.3 Å². The first kappa shape index (κ1) is 15.5. The molecule has 0 unspecified atom stereocenters. The summed E-state index contributed by atoms with van der Waals surface area (Å²) in [6.07, 6.45) is -10.5. The molecule has 0 spiro atoms. The number of hydrogen-bond donors (Lipinski definition) is 0. The van der Waals surface area contributed by atoms with Crippen molar-refractivity contribution in [1.82, 2.24) is 0 Å². The maximum Gasteiger partial charge on any atom is 0.499 e. The SMILES string of the molecule is O=C=Nc1ccc(OC(F)(F)C(F)(F)F)cc1[N+](=O)[O-]. The van der Waals surface area contributed by atoms with Crippen molar-refractivity contribution in [3.63, 3.8) is 0 Å². The second-order valence-corrected chi connectivity index (χ2v) is 3.23. The fraction of sp³-hybridized carbons (Fsp3) is 0.222. The van der Waals surface area contributed by atoms with E-state index >= 15 is 0 Å². The van der Waals surface area contributed by atoms with Crippen LogP contribution in [0.2, 0.25) is 0 Å². The third-order valence-electron chi connectivity index (χ3n) is 1.89. The third kappa shape index (κ3) is 3.26. The van der Waals surface area contributed by atoms with Gasteiger partial charge in [0.05, 0.1) is 11.0 Å². The number of nitrogens with zero attached hydrogens (tertiary/aromatic N) is 2. The van der Waals surface area contributed by atoms with Crippen LogP contribution in [0.15, 0.2) is 23.2 Å². The number of nitro groups is 1. The standard InChI is InChI=1S/C9H3F5N2O4/c10-8(11,12)9(13,14)20-5-1-2-6(15-4-17)7(3-5)16(18)19/h1-3H. The number of hydrogen-bond acceptors (Lipinski definition) is 5. The van der Waals surface area contributed by atoms with E-state index in [-0.39, 0.29) is 6.07 Å². The average molecular weight is 298 g/mol. The highest BCUT2D eigenvalue weighted by Gasteiger charge is 2.61. The maximum atomic E-state index is 12.6. The molecule has 1 aromatic carbocycles. The van der Waals surface area contributed by atoms with E-state index in [0.717, 1.165) is 6.08 Å². The number of halogens is 5. The Morgan fingerprint density at radius 3 is 2.30 bits per heavy atom. The van der Waals surface area contributed by atoms with Crippen LogP contribution in [0.25, 0.3) is 0 Å². The molecule has 11 heteroatoms. The molecular formula is C9H3F5N2O4. The van der Waals surface area contributed by atoms with E-state index < -0.39 is 34.3 Å². The van der Waals surface area contributed by atoms with Crippen LogP contribution >= 0.6 is 0 Å². The van der Waals surface area contributed by atoms with E-state index in [2.05, 4.69) is 9.73 Å². The van der Waals surface area contributed by atoms with Gasteiger partial charge in [0, 0.05) is 0 Å². The molecule has 0 aromatic heterocycles. The van der Waals surface area contributed by atoms with Gasteiger partial charge in [-0.25, -0.2) is 4.79 Å². The molecular weight excluding hydrogens is 295 g/mol. The molecule has 20 heavy (non-hydrogen) atoms. The van der Waals surface area contributed by atoms with E-state index in [0.29, 0.717) is 12.1 Å². The molecule has 0 aliphatic rings. The highest BCUT2D eigenvalue weighted by atomic mass is 19.4. The van der Waals surface area contributed by atoms with E-state index in [1.165, 1.54) is 0 Å². The quantitative estimate of drug-likeness (QED) is 0.281. The van der Waals surface area contributed by atoms with Crippen molar-refractivity contribution in [2.75, 3.05) is 0 Å². The molecule has 1 rings (SSSR count). The predicted molar refractivity (Wildman–Crippen MR) is 52.5 cm³/mol. The molecule has 0 amide bonds. The van der Waals surface area contributed by atoms with Crippen molar-refractivity contribution < 1.29 is 36.4 Å². The molecule has 0 aliphatic heterocycles. The Kier molecular flexibility index (Phi) is 4.04. The Morgan fingerprint density at radius 2 is 1.85 bits per heavy atom. The van der Waals surface area contributed by atoms with Crippen molar-refractivity contribution in [3.8, 4) is 5.75 Å². The number of isocyanates is 1. The number of carbonyl (C=O) groups excluding carboxylic acids is 1. The van der Waals surface area contributed by atoms with Gasteiger partial charge in [0.15, 0.2) is 5.69 Å². The Hall–Kier alpha value is -2.55. The monoisotopic (exact) mass is 298 g/mol. The van der Waals surface area contributed by atoms with E-state index in [9.17, 15) is 36.9 Å². The molecule has 0 saturated heterocycles. The minimum atomic E-state index is -5.98. The largest absolute Gasteiger partial charge is 0.499 e. The lowest BCUT2D eigenvalue weighted by molar-refractivity contribution is -0.384. The first-order valence-corrected chi connectivity index (χ1v) is 4.58. The summed E-state index contributed by atoms with van der Waals surface area (Å²) in [7, 11) is 0. The molecule has 0 atom stereocenters. The molecule has 0 bridgehead atoms. The Morgan fingerprint density at radius 1 is 1.25 bits per heavy atom. The topological polar surface area (TPSA) is 81.8 Å². The summed E-state index contributed by atoms with van der Waals surface area (Å²) >= 11 is 0. The molecule has 6 nitrogen and oxygen atoms in total. The van der Waals surface area contributed by atoms with Crippen LogP contribution in [0, 0.1) is 10.1 Å². The Balaban J connectivity index is 3.20. The Labute approximate surface area is 106 Å². The summed E-state index contributed by atoms with van der Waals surface area (Å²) in [4.78, 5) is 22.3. The highest BCUT2D eigenvalue weighted by Crippen LogP contribution is 2.39. The fourth-order valence-corrected chi connectivity index (χ4v) is 1.06. The molecule has 0 heterocycles. The molecule has 0 fully saturated rings. The van der Waals surface area contributed by atoms with Crippen molar-refractivity contribution in [2.45, 2.75) is 12.3 Å². The van der Waals surface area contributed by atoms with Gasteiger partial charge < -0.3 is 4.74 Å². The number of alkyl halides is 5. The summed E-state index contributed by atoms with van der Waals surface area (Å²) in [5.74, 6) is -1.11. The van der Waals surface area contributed by atoms with Gasteiger partial charge >= 0.3 is 12.3 Å². The van der Waals surface area contributed by atoms with E-state index in [4.69, 9.17) is 0 Å². The number of aliphatic imine (C=N–C) groups is 1. The van der Waals surface area contributed by atoms with E-state index in [1.807, 2.05) is 0 Å². The Bertz CT molecular complexity index is 580. The lowest BCUT2D eigenvalue weighted by atomic mass is 10.2. The summed E-state index contributed by atoms with van der Waals surface area (Å²) in [6.45, 7) is 0. The molecule has 0 aliphatic carbocycles. The zero-order chi connectivity index (χ0) is 15.6. The van der Waals surface area contributed by atoms with Crippen LogP contribution < -0.4 is 4.74 Å². The predicted octanol–water partition coefficient (Wildman–Crippen LogP) is 3.10. The second-order valence-electron chi connectivity index (χ2n) is 3.23. The maximum absolute atomic E-state index is 12.6. The summed E-state index contributed by atoms with van der Waals surface area (Å²) in [6, 6.07) is 1.53. The zero-order valence-electron chi connectivity index (χ0n) is 9.15. The highest BCUT2D eigenvalue weighted by molar-refractivity contribution is 5.63. The van der Waals surface area contributed by atoms with Crippen LogP contribution in [-0.2, 0) is 4.79 Å². The number of rotatable bonds is 4. The summed E-state index contributed by atoms with van der Waals surface area (Å²) < 4.78 is 64.3. The second kappa shape index (κ2) is 5.21. The lowest BCUT2D eigenvalue weighted by Gasteiger charge is -2.19. The number of nitro benzene ring substituents is 1. The van der Waals surface area contributed by atoms with Gasteiger partial charge in [-0.15, -0.1) is 0 Å². The van der Waals surface area contributed by atoms with Crippen LogP contribution in [0.5, 0.6) is 5.75 Å². The van der Waals surface area contributed by atoms with Gasteiger partial charge in [0.1, 0.15) is 5.75 Å². The zero-order valence-corrected chi connectivity index (χ0v) is 9.15. The fourth-order valence-electron chi connectivity index (χ4n) is 1.06. The smallest absolute Gasteiger partial charge is 0.426 e. The molecule has 108 valence electrons. The minimum absolute atomic E-state index is 0.288. The van der Waals surface area contributed by atoms with Crippen molar-refractivity contribution in [1.29, 1.82) is 0 Å².